The molecule has 8 heteroatoms. The number of rotatable bonds is 5. The molecule has 1 saturated heterocycles. The first-order valence-electron chi connectivity index (χ1n) is 6.22. The number of halogens is 1. The summed E-state index contributed by atoms with van der Waals surface area (Å²) in [5, 5.41) is 4.92. The van der Waals surface area contributed by atoms with E-state index in [0.717, 1.165) is 19.2 Å². The molecular weight excluding hydrogens is 287 g/mol. The molecule has 0 radical (unpaired) electrons. The molecule has 1 aliphatic rings. The molecule has 20 heavy (non-hydrogen) atoms. The van der Waals surface area contributed by atoms with E-state index < -0.39 is 15.8 Å². The third-order valence-electron chi connectivity index (χ3n) is 3.00. The zero-order chi connectivity index (χ0) is 14.6. The largest absolute Gasteiger partial charge is 0.489 e. The molecule has 1 aromatic carbocycles. The molecular formula is C12H17FN2O4S. The first kappa shape index (κ1) is 15.2. The molecule has 0 aliphatic carbocycles. The van der Waals surface area contributed by atoms with Crippen LogP contribution < -0.4 is 9.88 Å². The maximum atomic E-state index is 13.7. The highest BCUT2D eigenvalue weighted by Gasteiger charge is 2.13. The van der Waals surface area contributed by atoms with Gasteiger partial charge in [0.2, 0.25) is 10.0 Å². The fraction of sp³-hybridized carbons (Fsp3) is 0.500. The van der Waals surface area contributed by atoms with Crippen molar-refractivity contribution in [2.45, 2.75) is 4.90 Å². The van der Waals surface area contributed by atoms with Crippen LogP contribution in [0.4, 0.5) is 4.39 Å². The fourth-order valence-corrected chi connectivity index (χ4v) is 2.41. The third-order valence-corrected chi connectivity index (χ3v) is 3.91. The summed E-state index contributed by atoms with van der Waals surface area (Å²) >= 11 is 0. The van der Waals surface area contributed by atoms with Crippen molar-refractivity contribution in [1.82, 2.24) is 4.90 Å². The maximum absolute atomic E-state index is 13.7. The lowest BCUT2D eigenvalue weighted by molar-refractivity contribution is 0.0320. The molecule has 1 aliphatic heterocycles. The third kappa shape index (κ3) is 4.14. The van der Waals surface area contributed by atoms with Crippen LogP contribution in [0.5, 0.6) is 5.75 Å². The summed E-state index contributed by atoms with van der Waals surface area (Å²) < 4.78 is 46.3. The topological polar surface area (TPSA) is 81.9 Å². The molecule has 6 nitrogen and oxygen atoms in total. The number of ether oxygens (including phenoxy) is 2. The molecule has 2 N–H and O–H groups in total. The average molecular weight is 304 g/mol. The van der Waals surface area contributed by atoms with E-state index in [4.69, 9.17) is 14.6 Å². The van der Waals surface area contributed by atoms with Gasteiger partial charge in [0.25, 0.3) is 0 Å². The van der Waals surface area contributed by atoms with Crippen molar-refractivity contribution in [2.75, 3.05) is 39.5 Å². The van der Waals surface area contributed by atoms with Crippen molar-refractivity contribution in [3.8, 4) is 5.75 Å². The molecule has 1 fully saturated rings. The number of hydrogen-bond donors (Lipinski definition) is 1. The van der Waals surface area contributed by atoms with Crippen LogP contribution in [0, 0.1) is 5.82 Å². The maximum Gasteiger partial charge on any atom is 0.238 e. The van der Waals surface area contributed by atoms with E-state index in [0.29, 0.717) is 26.4 Å². The van der Waals surface area contributed by atoms with Crippen molar-refractivity contribution in [3.63, 3.8) is 0 Å². The zero-order valence-electron chi connectivity index (χ0n) is 10.9. The van der Waals surface area contributed by atoms with Gasteiger partial charge >= 0.3 is 0 Å². The second kappa shape index (κ2) is 6.49. The second-order valence-electron chi connectivity index (χ2n) is 4.44. The molecule has 112 valence electrons. The highest BCUT2D eigenvalue weighted by Crippen LogP contribution is 2.20. The van der Waals surface area contributed by atoms with Crippen LogP contribution in [-0.4, -0.2) is 52.8 Å². The van der Waals surface area contributed by atoms with Crippen LogP contribution >= 0.6 is 0 Å². The molecule has 0 bridgehead atoms. The number of benzene rings is 1. The summed E-state index contributed by atoms with van der Waals surface area (Å²) in [5.74, 6) is -0.718. The molecule has 1 aromatic rings. The van der Waals surface area contributed by atoms with Crippen molar-refractivity contribution in [3.05, 3.63) is 24.0 Å². The molecule has 0 atom stereocenters. The SMILES string of the molecule is NS(=O)(=O)c1ccc(OCCN2CCOCC2)c(F)c1. The number of sulfonamides is 1. The van der Waals surface area contributed by atoms with Gasteiger partial charge < -0.3 is 9.47 Å². The molecule has 0 spiro atoms. The zero-order valence-corrected chi connectivity index (χ0v) is 11.7. The molecule has 0 amide bonds. The van der Waals surface area contributed by atoms with Crippen molar-refractivity contribution >= 4 is 10.0 Å². The van der Waals surface area contributed by atoms with Crippen molar-refractivity contribution in [2.24, 2.45) is 5.14 Å². The van der Waals surface area contributed by atoms with Crippen LogP contribution in [0.3, 0.4) is 0 Å². The number of primary sulfonamides is 1. The summed E-state index contributed by atoms with van der Waals surface area (Å²) in [6, 6.07) is 3.36. The number of morpholine rings is 1. The minimum atomic E-state index is -3.90. The fourth-order valence-electron chi connectivity index (χ4n) is 1.89. The van der Waals surface area contributed by atoms with E-state index in [1.807, 2.05) is 0 Å². The Kier molecular flexibility index (Phi) is 4.92. The Labute approximate surface area is 117 Å². The van der Waals surface area contributed by atoms with E-state index in [2.05, 4.69) is 4.90 Å². The van der Waals surface area contributed by atoms with E-state index >= 15 is 0 Å². The van der Waals surface area contributed by atoms with Crippen molar-refractivity contribution < 1.29 is 22.3 Å². The summed E-state index contributed by atoms with van der Waals surface area (Å²) in [6.45, 7) is 4.03. The first-order chi connectivity index (χ1) is 9.47. The Balaban J connectivity index is 1.90. The van der Waals surface area contributed by atoms with Crippen LogP contribution in [0.25, 0.3) is 0 Å². The van der Waals surface area contributed by atoms with Gasteiger partial charge in [-0.25, -0.2) is 17.9 Å². The van der Waals surface area contributed by atoms with Gasteiger partial charge in [0.15, 0.2) is 11.6 Å². The quantitative estimate of drug-likeness (QED) is 0.839. The van der Waals surface area contributed by atoms with E-state index in [-0.39, 0.29) is 10.6 Å². The van der Waals surface area contributed by atoms with Crippen LogP contribution in [0.2, 0.25) is 0 Å². The Morgan fingerprint density at radius 1 is 1.35 bits per heavy atom. The van der Waals surface area contributed by atoms with E-state index in [1.54, 1.807) is 0 Å². The highest BCUT2D eigenvalue weighted by molar-refractivity contribution is 7.89. The first-order valence-corrected chi connectivity index (χ1v) is 7.77. The van der Waals surface area contributed by atoms with Gasteiger partial charge in [0.05, 0.1) is 18.1 Å². The lowest BCUT2D eigenvalue weighted by Crippen LogP contribution is -2.38. The summed E-state index contributed by atoms with van der Waals surface area (Å²) in [5.41, 5.74) is 0. The molecule has 2 rings (SSSR count). The van der Waals surface area contributed by atoms with E-state index in [1.165, 1.54) is 12.1 Å². The van der Waals surface area contributed by atoms with Gasteiger partial charge in [-0.3, -0.25) is 4.90 Å². The van der Waals surface area contributed by atoms with Gasteiger partial charge in [0.1, 0.15) is 6.61 Å². The minimum absolute atomic E-state index is 0.0191. The number of nitrogens with two attached hydrogens (primary N) is 1. The summed E-state index contributed by atoms with van der Waals surface area (Å²) in [7, 11) is -3.90. The number of hydrogen-bond acceptors (Lipinski definition) is 5. The molecule has 0 saturated carbocycles. The Bertz CT molecular complexity index is 559. The second-order valence-corrected chi connectivity index (χ2v) is 6.00. The predicted octanol–water partition coefficient (Wildman–Crippen LogP) is 0.184. The van der Waals surface area contributed by atoms with Crippen LogP contribution in [0.1, 0.15) is 0 Å². The lowest BCUT2D eigenvalue weighted by atomic mass is 10.3. The van der Waals surface area contributed by atoms with Crippen LogP contribution in [0.15, 0.2) is 23.1 Å². The van der Waals surface area contributed by atoms with Gasteiger partial charge in [-0.1, -0.05) is 0 Å². The molecule has 0 aromatic heterocycles. The monoisotopic (exact) mass is 304 g/mol. The predicted molar refractivity (Wildman–Crippen MR) is 70.5 cm³/mol. The van der Waals surface area contributed by atoms with Gasteiger partial charge in [-0.15, -0.1) is 0 Å². The Morgan fingerprint density at radius 3 is 2.65 bits per heavy atom. The highest BCUT2D eigenvalue weighted by atomic mass is 32.2. The summed E-state index contributed by atoms with van der Waals surface area (Å²) in [6.07, 6.45) is 0. The average Bonchev–Trinajstić information content (AvgIpc) is 2.40. The lowest BCUT2D eigenvalue weighted by Gasteiger charge is -2.26. The Morgan fingerprint density at radius 2 is 2.05 bits per heavy atom. The van der Waals surface area contributed by atoms with Crippen molar-refractivity contribution in [1.29, 1.82) is 0 Å². The molecule has 1 heterocycles. The normalized spacial score (nSPS) is 17.1. The summed E-state index contributed by atoms with van der Waals surface area (Å²) in [4.78, 5) is 1.88. The van der Waals surface area contributed by atoms with Crippen LogP contribution in [-0.2, 0) is 14.8 Å². The standard InChI is InChI=1S/C12H17FN2O4S/c13-11-9-10(20(14,16)17)1-2-12(11)19-8-5-15-3-6-18-7-4-15/h1-2,9H,3-8H2,(H2,14,16,17). The molecule has 0 unspecified atom stereocenters. The van der Waals surface area contributed by atoms with Gasteiger partial charge in [0, 0.05) is 19.6 Å². The minimum Gasteiger partial charge on any atom is -0.489 e. The smallest absolute Gasteiger partial charge is 0.238 e. The Hall–Kier alpha value is -1.22. The van der Waals surface area contributed by atoms with Gasteiger partial charge in [-0.2, -0.15) is 0 Å². The number of nitrogens with zero attached hydrogens (tertiary/aromatic N) is 1. The van der Waals surface area contributed by atoms with E-state index in [9.17, 15) is 12.8 Å². The van der Waals surface area contributed by atoms with Gasteiger partial charge in [-0.05, 0) is 18.2 Å².